The summed E-state index contributed by atoms with van der Waals surface area (Å²) in [5.41, 5.74) is 5.47. The molecule has 0 aliphatic carbocycles. The molecule has 1 aromatic carbocycles. The average Bonchev–Trinajstić information content (AvgIpc) is 2.56. The molecule has 24 heavy (non-hydrogen) atoms. The Balaban J connectivity index is 2.87. The van der Waals surface area contributed by atoms with E-state index >= 15 is 0 Å². The first-order valence-corrected chi connectivity index (χ1v) is 8.21. The first-order chi connectivity index (χ1) is 11.3. The molecule has 7 heteroatoms. The summed E-state index contributed by atoms with van der Waals surface area (Å²) in [7, 11) is 0. The highest BCUT2D eigenvalue weighted by atomic mass is 19.4. The van der Waals surface area contributed by atoms with E-state index in [0.717, 1.165) is 30.8 Å². The first kappa shape index (κ1) is 20.4. The third-order valence-electron chi connectivity index (χ3n) is 3.98. The molecule has 0 bridgehead atoms. The molecule has 0 heterocycles. The van der Waals surface area contributed by atoms with Crippen molar-refractivity contribution in [3.63, 3.8) is 0 Å². The molecule has 3 N–H and O–H groups in total. The molecule has 4 nitrogen and oxygen atoms in total. The Hall–Kier alpha value is -1.60. The van der Waals surface area contributed by atoms with Crippen molar-refractivity contribution in [3.8, 4) is 0 Å². The molecule has 1 rings (SSSR count). The number of nitrogens with two attached hydrogens (primary N) is 1. The van der Waals surface area contributed by atoms with Crippen molar-refractivity contribution in [2.45, 2.75) is 38.9 Å². The first-order valence-electron chi connectivity index (χ1n) is 8.21. The van der Waals surface area contributed by atoms with Crippen LogP contribution in [0.4, 0.5) is 13.2 Å². The van der Waals surface area contributed by atoms with E-state index < -0.39 is 11.7 Å². The zero-order valence-electron chi connectivity index (χ0n) is 14.2. The van der Waals surface area contributed by atoms with Crippen molar-refractivity contribution >= 4 is 5.91 Å². The van der Waals surface area contributed by atoms with E-state index in [-0.39, 0.29) is 11.9 Å². The van der Waals surface area contributed by atoms with Gasteiger partial charge in [0, 0.05) is 13.0 Å². The molecule has 0 fully saturated rings. The van der Waals surface area contributed by atoms with E-state index in [0.29, 0.717) is 25.9 Å². The van der Waals surface area contributed by atoms with Gasteiger partial charge in [-0.05, 0) is 43.8 Å². The van der Waals surface area contributed by atoms with Crippen LogP contribution < -0.4 is 11.1 Å². The van der Waals surface area contributed by atoms with Crippen LogP contribution in [0, 0.1) is 0 Å². The van der Waals surface area contributed by atoms with Crippen molar-refractivity contribution in [1.82, 2.24) is 10.2 Å². The molecule has 1 amide bonds. The molecule has 0 spiro atoms. The van der Waals surface area contributed by atoms with Gasteiger partial charge in [0.2, 0.25) is 5.91 Å². The molecule has 0 radical (unpaired) electrons. The second-order valence-corrected chi connectivity index (χ2v) is 5.55. The van der Waals surface area contributed by atoms with E-state index in [1.54, 1.807) is 0 Å². The molecule has 0 saturated carbocycles. The molecule has 1 aromatic rings. The van der Waals surface area contributed by atoms with E-state index in [9.17, 15) is 18.0 Å². The van der Waals surface area contributed by atoms with Gasteiger partial charge in [0.05, 0.1) is 11.6 Å². The van der Waals surface area contributed by atoms with Crippen LogP contribution in [0.2, 0.25) is 0 Å². The summed E-state index contributed by atoms with van der Waals surface area (Å²) in [5, 5.41) is 2.85. The van der Waals surface area contributed by atoms with Crippen molar-refractivity contribution in [1.29, 1.82) is 0 Å². The summed E-state index contributed by atoms with van der Waals surface area (Å²) in [6.45, 7) is 6.25. The number of halogens is 3. The molecule has 0 aliphatic heterocycles. The number of benzene rings is 1. The number of amides is 1. The lowest BCUT2D eigenvalue weighted by Gasteiger charge is -2.30. The molecular weight excluding hydrogens is 319 g/mol. The summed E-state index contributed by atoms with van der Waals surface area (Å²) >= 11 is 0. The fraction of sp³-hybridized carbons (Fsp3) is 0.588. The Morgan fingerprint density at radius 3 is 2.25 bits per heavy atom. The lowest BCUT2D eigenvalue weighted by molar-refractivity contribution is -0.137. The SMILES string of the molecule is CCN(CC)C(CNC(=O)CCCN)c1ccc(C(F)(F)F)cc1. The number of alkyl halides is 3. The summed E-state index contributed by atoms with van der Waals surface area (Å²) in [4.78, 5) is 13.9. The number of hydrogen-bond acceptors (Lipinski definition) is 3. The van der Waals surface area contributed by atoms with Gasteiger partial charge >= 0.3 is 6.18 Å². The Bertz CT molecular complexity index is 499. The fourth-order valence-corrected chi connectivity index (χ4v) is 2.58. The Kier molecular flexibility index (Phi) is 8.21. The van der Waals surface area contributed by atoms with Crippen LogP contribution in [0.5, 0.6) is 0 Å². The minimum atomic E-state index is -4.35. The number of carbonyl (C=O) groups is 1. The third-order valence-corrected chi connectivity index (χ3v) is 3.98. The van der Waals surface area contributed by atoms with Crippen LogP contribution in [0.15, 0.2) is 24.3 Å². The van der Waals surface area contributed by atoms with Crippen LogP contribution >= 0.6 is 0 Å². The standard InChI is InChI=1S/C17H26F3N3O/c1-3-23(4-2)15(12-22-16(24)6-5-11-21)13-7-9-14(10-8-13)17(18,19)20/h7-10,15H,3-6,11-12,21H2,1-2H3,(H,22,24). The molecule has 136 valence electrons. The number of hydrogen-bond donors (Lipinski definition) is 2. The van der Waals surface area contributed by atoms with E-state index in [1.807, 2.05) is 13.8 Å². The average molecular weight is 345 g/mol. The second-order valence-electron chi connectivity index (χ2n) is 5.55. The van der Waals surface area contributed by atoms with Gasteiger partial charge in [0.1, 0.15) is 0 Å². The Morgan fingerprint density at radius 2 is 1.79 bits per heavy atom. The summed E-state index contributed by atoms with van der Waals surface area (Å²) in [6, 6.07) is 4.98. The highest BCUT2D eigenvalue weighted by molar-refractivity contribution is 5.75. The Morgan fingerprint density at radius 1 is 1.21 bits per heavy atom. The second kappa shape index (κ2) is 9.64. The maximum Gasteiger partial charge on any atom is 0.416 e. The third kappa shape index (κ3) is 6.13. The maximum atomic E-state index is 12.7. The lowest BCUT2D eigenvalue weighted by Crippen LogP contribution is -2.38. The van der Waals surface area contributed by atoms with Gasteiger partial charge in [-0.15, -0.1) is 0 Å². The van der Waals surface area contributed by atoms with Gasteiger partial charge in [-0.3, -0.25) is 9.69 Å². The van der Waals surface area contributed by atoms with E-state index in [2.05, 4.69) is 10.2 Å². The topological polar surface area (TPSA) is 58.4 Å². The lowest BCUT2D eigenvalue weighted by atomic mass is 10.0. The molecule has 0 aromatic heterocycles. The predicted octanol–water partition coefficient (Wildman–Crippen LogP) is 2.94. The number of carbonyl (C=O) groups excluding carboxylic acids is 1. The van der Waals surface area contributed by atoms with Crippen LogP contribution in [0.1, 0.15) is 43.9 Å². The van der Waals surface area contributed by atoms with Crippen LogP contribution in [0.3, 0.4) is 0 Å². The highest BCUT2D eigenvalue weighted by Crippen LogP contribution is 2.30. The minimum absolute atomic E-state index is 0.0930. The Labute approximate surface area is 141 Å². The zero-order chi connectivity index (χ0) is 18.2. The van der Waals surface area contributed by atoms with Gasteiger partial charge in [-0.1, -0.05) is 26.0 Å². The van der Waals surface area contributed by atoms with Gasteiger partial charge < -0.3 is 11.1 Å². The normalized spacial score (nSPS) is 13.1. The van der Waals surface area contributed by atoms with E-state index in [4.69, 9.17) is 5.73 Å². The molecule has 1 atom stereocenters. The maximum absolute atomic E-state index is 12.7. The number of nitrogens with zero attached hydrogens (tertiary/aromatic N) is 1. The minimum Gasteiger partial charge on any atom is -0.354 e. The molecule has 0 saturated heterocycles. The van der Waals surface area contributed by atoms with Crippen LogP contribution in [0.25, 0.3) is 0 Å². The predicted molar refractivity (Wildman–Crippen MR) is 88.4 cm³/mol. The van der Waals surface area contributed by atoms with Gasteiger partial charge in [-0.25, -0.2) is 0 Å². The smallest absolute Gasteiger partial charge is 0.354 e. The molecule has 0 aliphatic rings. The molecule has 1 unspecified atom stereocenters. The largest absolute Gasteiger partial charge is 0.416 e. The monoisotopic (exact) mass is 345 g/mol. The fourth-order valence-electron chi connectivity index (χ4n) is 2.58. The van der Waals surface area contributed by atoms with Gasteiger partial charge in [0.15, 0.2) is 0 Å². The molecular formula is C17H26F3N3O. The van der Waals surface area contributed by atoms with Crippen molar-refractivity contribution in [3.05, 3.63) is 35.4 Å². The quantitative estimate of drug-likeness (QED) is 0.723. The van der Waals surface area contributed by atoms with Crippen molar-refractivity contribution < 1.29 is 18.0 Å². The van der Waals surface area contributed by atoms with Crippen molar-refractivity contribution in [2.75, 3.05) is 26.2 Å². The summed E-state index contributed by atoms with van der Waals surface area (Å²) < 4.78 is 38.1. The number of likely N-dealkylation sites (N-methyl/N-ethyl adjacent to an activating group) is 1. The van der Waals surface area contributed by atoms with Crippen molar-refractivity contribution in [2.24, 2.45) is 5.73 Å². The summed E-state index contributed by atoms with van der Waals surface area (Å²) in [6.07, 6.45) is -3.38. The highest BCUT2D eigenvalue weighted by Gasteiger charge is 2.30. The van der Waals surface area contributed by atoms with Gasteiger partial charge in [-0.2, -0.15) is 13.2 Å². The van der Waals surface area contributed by atoms with Gasteiger partial charge in [0.25, 0.3) is 0 Å². The van der Waals surface area contributed by atoms with Crippen LogP contribution in [-0.4, -0.2) is 37.0 Å². The van der Waals surface area contributed by atoms with Crippen LogP contribution in [-0.2, 0) is 11.0 Å². The summed E-state index contributed by atoms with van der Waals surface area (Å²) in [5.74, 6) is -0.0930. The van der Waals surface area contributed by atoms with E-state index in [1.165, 1.54) is 12.1 Å². The zero-order valence-corrected chi connectivity index (χ0v) is 14.2. The number of nitrogens with one attached hydrogen (secondary N) is 1. The number of rotatable bonds is 9.